The quantitative estimate of drug-likeness (QED) is 0.707. The van der Waals surface area contributed by atoms with Crippen molar-refractivity contribution < 1.29 is 19.7 Å². The van der Waals surface area contributed by atoms with Gasteiger partial charge in [-0.05, 0) is 68.0 Å². The number of phenols is 1. The molecule has 3 rings (SSSR count). The molecule has 1 heterocycles. The van der Waals surface area contributed by atoms with Gasteiger partial charge in [-0.25, -0.2) is 0 Å². The lowest BCUT2D eigenvalue weighted by molar-refractivity contribution is 0.139. The first-order chi connectivity index (χ1) is 13.5. The van der Waals surface area contributed by atoms with Gasteiger partial charge in [-0.2, -0.15) is 0 Å². The first kappa shape index (κ1) is 21.0. The van der Waals surface area contributed by atoms with Gasteiger partial charge in [0.15, 0.2) is 0 Å². The molecular formula is C23H30O4S. The zero-order valence-electron chi connectivity index (χ0n) is 16.9. The van der Waals surface area contributed by atoms with Gasteiger partial charge >= 0.3 is 0 Å². The number of aromatic hydroxyl groups is 1. The molecule has 0 spiro atoms. The zero-order chi connectivity index (χ0) is 20.1. The number of aliphatic hydroxyl groups excluding tert-OH is 1. The summed E-state index contributed by atoms with van der Waals surface area (Å²) in [7, 11) is 1.71. The molecule has 1 aliphatic rings. The average Bonchev–Trinajstić information content (AvgIpc) is 2.67. The van der Waals surface area contributed by atoms with Crippen molar-refractivity contribution >= 4 is 11.8 Å². The second-order valence-electron chi connectivity index (χ2n) is 7.37. The van der Waals surface area contributed by atoms with Crippen LogP contribution >= 0.6 is 11.8 Å². The summed E-state index contributed by atoms with van der Waals surface area (Å²) in [6.45, 7) is 5.32. The van der Waals surface area contributed by atoms with Gasteiger partial charge in [-0.1, -0.05) is 18.2 Å². The van der Waals surface area contributed by atoms with Crippen LogP contribution in [0.2, 0.25) is 0 Å². The van der Waals surface area contributed by atoms with Gasteiger partial charge in [-0.15, -0.1) is 11.8 Å². The van der Waals surface area contributed by atoms with Crippen LogP contribution < -0.4 is 4.74 Å². The molecule has 1 aliphatic heterocycles. The lowest BCUT2D eigenvalue weighted by Gasteiger charge is -2.33. The van der Waals surface area contributed by atoms with Crippen molar-refractivity contribution in [1.29, 1.82) is 0 Å². The smallest absolute Gasteiger partial charge is 0.120 e. The Balaban J connectivity index is 1.83. The number of benzene rings is 2. The summed E-state index contributed by atoms with van der Waals surface area (Å²) in [5.74, 6) is 1.14. The molecule has 28 heavy (non-hydrogen) atoms. The molecule has 0 aromatic heterocycles. The summed E-state index contributed by atoms with van der Waals surface area (Å²) >= 11 is 1.71. The summed E-state index contributed by atoms with van der Waals surface area (Å²) in [4.78, 5) is 0. The molecule has 1 saturated heterocycles. The van der Waals surface area contributed by atoms with E-state index in [4.69, 9.17) is 9.47 Å². The largest absolute Gasteiger partial charge is 0.508 e. The number of aliphatic hydroxyl groups is 1. The van der Waals surface area contributed by atoms with Crippen LogP contribution in [0.3, 0.4) is 0 Å². The number of phenolic OH excluding ortho intramolecular Hbond substituents is 1. The zero-order valence-corrected chi connectivity index (χ0v) is 17.7. The van der Waals surface area contributed by atoms with Crippen LogP contribution in [0.25, 0.3) is 0 Å². The summed E-state index contributed by atoms with van der Waals surface area (Å²) in [5, 5.41) is 21.4. The van der Waals surface area contributed by atoms with E-state index in [9.17, 15) is 10.2 Å². The predicted molar refractivity (Wildman–Crippen MR) is 114 cm³/mol. The lowest BCUT2D eigenvalue weighted by atomic mass is 9.94. The summed E-state index contributed by atoms with van der Waals surface area (Å²) in [6, 6.07) is 12.0. The maximum Gasteiger partial charge on any atom is 0.120 e. The number of hydrogen-bond donors (Lipinski definition) is 2. The Kier molecular flexibility index (Phi) is 7.27. The Labute approximate surface area is 171 Å². The number of rotatable bonds is 7. The second kappa shape index (κ2) is 9.68. The molecule has 0 saturated carbocycles. The van der Waals surface area contributed by atoms with E-state index in [1.54, 1.807) is 18.9 Å². The summed E-state index contributed by atoms with van der Waals surface area (Å²) < 4.78 is 10.8. The molecule has 0 amide bonds. The molecule has 4 nitrogen and oxygen atoms in total. The number of ether oxygens (including phenoxy) is 2. The third-order valence-electron chi connectivity index (χ3n) is 5.25. The maximum atomic E-state index is 10.6. The molecule has 3 atom stereocenters. The number of aryl methyl sites for hydroxylation is 1. The van der Waals surface area contributed by atoms with Crippen molar-refractivity contribution in [1.82, 2.24) is 0 Å². The van der Waals surface area contributed by atoms with Gasteiger partial charge < -0.3 is 19.7 Å². The number of thioether (sulfide) groups is 1. The molecule has 2 aromatic carbocycles. The fourth-order valence-electron chi connectivity index (χ4n) is 3.73. The normalized spacial score (nSPS) is 22.2. The second-order valence-corrected chi connectivity index (χ2v) is 8.82. The van der Waals surface area contributed by atoms with Crippen LogP contribution in [-0.2, 0) is 11.2 Å². The highest BCUT2D eigenvalue weighted by atomic mass is 32.2. The Bertz CT molecular complexity index is 775. The van der Waals surface area contributed by atoms with Crippen molar-refractivity contribution in [2.24, 2.45) is 0 Å². The molecule has 0 bridgehead atoms. The monoisotopic (exact) mass is 402 g/mol. The fraction of sp³-hybridized carbons (Fsp3) is 0.478. The molecule has 0 aliphatic carbocycles. The highest BCUT2D eigenvalue weighted by Gasteiger charge is 2.33. The molecule has 152 valence electrons. The van der Waals surface area contributed by atoms with Crippen molar-refractivity contribution in [3.63, 3.8) is 0 Å². The van der Waals surface area contributed by atoms with E-state index in [1.165, 1.54) is 11.1 Å². The Morgan fingerprint density at radius 2 is 1.89 bits per heavy atom. The van der Waals surface area contributed by atoms with Gasteiger partial charge in [0.1, 0.15) is 11.5 Å². The van der Waals surface area contributed by atoms with Gasteiger partial charge in [-0.3, -0.25) is 0 Å². The highest BCUT2D eigenvalue weighted by molar-refractivity contribution is 8.00. The standard InChI is InChI=1S/C23H30O4S/c1-4-27-18-7-5-16(6-8-18)12-17-13-20(22(25)11-15(17)2)23-21(24)10-9-19(28-23)14-26-3/h5-8,11,13,19,21,23-25H,4,9-10,12,14H2,1-3H3. The SMILES string of the molecule is CCOc1ccc(Cc2cc(C3SC(COC)CCC3O)c(O)cc2C)cc1. The molecule has 2 N–H and O–H groups in total. The topological polar surface area (TPSA) is 58.9 Å². The minimum atomic E-state index is -0.454. The van der Waals surface area contributed by atoms with Crippen LogP contribution in [-0.4, -0.2) is 41.9 Å². The molecular weight excluding hydrogens is 372 g/mol. The predicted octanol–water partition coefficient (Wildman–Crippen LogP) is 4.63. The molecule has 3 unspecified atom stereocenters. The van der Waals surface area contributed by atoms with E-state index in [0.29, 0.717) is 18.5 Å². The Morgan fingerprint density at radius 1 is 1.14 bits per heavy atom. The van der Waals surface area contributed by atoms with Gasteiger partial charge in [0.05, 0.1) is 24.6 Å². The van der Waals surface area contributed by atoms with Crippen molar-refractivity contribution in [2.45, 2.75) is 49.7 Å². The van der Waals surface area contributed by atoms with E-state index in [2.05, 4.69) is 18.2 Å². The van der Waals surface area contributed by atoms with Crippen molar-refractivity contribution in [3.05, 3.63) is 58.7 Å². The Hall–Kier alpha value is -1.69. The maximum absolute atomic E-state index is 10.6. The van der Waals surface area contributed by atoms with Gasteiger partial charge in [0.25, 0.3) is 0 Å². The minimum Gasteiger partial charge on any atom is -0.508 e. The Morgan fingerprint density at radius 3 is 2.57 bits per heavy atom. The molecule has 0 radical (unpaired) electrons. The fourth-order valence-corrected chi connectivity index (χ4v) is 5.28. The summed E-state index contributed by atoms with van der Waals surface area (Å²) in [5.41, 5.74) is 4.24. The van der Waals surface area contributed by atoms with E-state index in [1.807, 2.05) is 32.0 Å². The minimum absolute atomic E-state index is 0.131. The van der Waals surface area contributed by atoms with Gasteiger partial charge in [0, 0.05) is 17.9 Å². The van der Waals surface area contributed by atoms with Crippen molar-refractivity contribution in [3.8, 4) is 11.5 Å². The molecule has 5 heteroatoms. The molecule has 1 fully saturated rings. The van der Waals surface area contributed by atoms with E-state index in [0.717, 1.165) is 36.1 Å². The third-order valence-corrected chi connectivity index (χ3v) is 6.86. The first-order valence-electron chi connectivity index (χ1n) is 9.88. The first-order valence-corrected chi connectivity index (χ1v) is 10.8. The van der Waals surface area contributed by atoms with Crippen LogP contribution in [0.15, 0.2) is 36.4 Å². The van der Waals surface area contributed by atoms with Crippen LogP contribution in [0.1, 0.15) is 47.3 Å². The van der Waals surface area contributed by atoms with E-state index in [-0.39, 0.29) is 11.0 Å². The van der Waals surface area contributed by atoms with Gasteiger partial charge in [0.2, 0.25) is 0 Å². The highest BCUT2D eigenvalue weighted by Crippen LogP contribution is 2.46. The van der Waals surface area contributed by atoms with Crippen LogP contribution in [0.5, 0.6) is 11.5 Å². The molecule has 2 aromatic rings. The summed E-state index contributed by atoms with van der Waals surface area (Å²) in [6.07, 6.45) is 1.99. The van der Waals surface area contributed by atoms with Crippen LogP contribution in [0, 0.1) is 6.92 Å². The van der Waals surface area contributed by atoms with Crippen molar-refractivity contribution in [2.75, 3.05) is 20.3 Å². The van der Waals surface area contributed by atoms with E-state index < -0.39 is 6.10 Å². The number of hydrogen-bond acceptors (Lipinski definition) is 5. The number of methoxy groups -OCH3 is 1. The van der Waals surface area contributed by atoms with E-state index >= 15 is 0 Å². The third kappa shape index (κ3) is 5.02. The average molecular weight is 403 g/mol. The van der Waals surface area contributed by atoms with Crippen LogP contribution in [0.4, 0.5) is 0 Å². The lowest BCUT2D eigenvalue weighted by Crippen LogP contribution is -2.28.